The number of rotatable bonds is 7. The molecule has 0 saturated heterocycles. The van der Waals surface area contributed by atoms with Crippen molar-refractivity contribution in [2.24, 2.45) is 0 Å². The molecule has 0 bridgehead atoms. The molecule has 1 N–H and O–H groups in total. The molecular weight excluding hydrogens is 376 g/mol. The molecule has 0 spiro atoms. The van der Waals surface area contributed by atoms with Gasteiger partial charge in [-0.05, 0) is 26.0 Å². The fourth-order valence-corrected chi connectivity index (χ4v) is 3.37. The van der Waals surface area contributed by atoms with Crippen molar-refractivity contribution >= 4 is 22.4 Å². The van der Waals surface area contributed by atoms with Crippen LogP contribution in [0.4, 0.5) is 5.13 Å². The standard InChI is InChI=1S/C21H22N2O4S/c1-5-27-19-17(25-3)10-15(11-18(19)26-4)20(24)23-21-22-16(12-28-21)14-8-6-13(2)7-9-14/h6-12H,5H2,1-4H3,(H,22,23,24). The first kappa shape index (κ1) is 19.7. The van der Waals surface area contributed by atoms with Crippen molar-refractivity contribution in [3.63, 3.8) is 0 Å². The molecule has 0 fully saturated rings. The zero-order valence-electron chi connectivity index (χ0n) is 16.2. The molecule has 0 unspecified atom stereocenters. The predicted octanol–water partition coefficient (Wildman–Crippen LogP) is 4.79. The van der Waals surface area contributed by atoms with Gasteiger partial charge in [-0.3, -0.25) is 10.1 Å². The van der Waals surface area contributed by atoms with Crippen LogP contribution < -0.4 is 19.5 Å². The molecule has 7 heteroatoms. The van der Waals surface area contributed by atoms with Crippen LogP contribution in [0.1, 0.15) is 22.8 Å². The number of benzene rings is 2. The van der Waals surface area contributed by atoms with Gasteiger partial charge in [-0.15, -0.1) is 11.3 Å². The Balaban J connectivity index is 1.82. The zero-order chi connectivity index (χ0) is 20.1. The number of thiazole rings is 1. The lowest BCUT2D eigenvalue weighted by Gasteiger charge is -2.15. The van der Waals surface area contributed by atoms with E-state index < -0.39 is 0 Å². The average molecular weight is 398 g/mol. The molecule has 1 heterocycles. The van der Waals surface area contributed by atoms with E-state index in [1.54, 1.807) is 12.1 Å². The Morgan fingerprint density at radius 3 is 2.32 bits per heavy atom. The van der Waals surface area contributed by atoms with Gasteiger partial charge < -0.3 is 14.2 Å². The van der Waals surface area contributed by atoms with Crippen molar-refractivity contribution in [1.82, 2.24) is 4.98 Å². The van der Waals surface area contributed by atoms with E-state index in [1.807, 2.05) is 43.5 Å². The van der Waals surface area contributed by atoms with Crippen molar-refractivity contribution in [1.29, 1.82) is 0 Å². The Morgan fingerprint density at radius 2 is 1.75 bits per heavy atom. The van der Waals surface area contributed by atoms with Crippen molar-refractivity contribution in [3.05, 3.63) is 52.9 Å². The van der Waals surface area contributed by atoms with E-state index in [0.29, 0.717) is 34.6 Å². The number of amides is 1. The average Bonchev–Trinajstić information content (AvgIpc) is 3.17. The van der Waals surface area contributed by atoms with Gasteiger partial charge in [0.2, 0.25) is 5.75 Å². The first-order valence-corrected chi connectivity index (χ1v) is 9.66. The topological polar surface area (TPSA) is 69.7 Å². The monoisotopic (exact) mass is 398 g/mol. The van der Waals surface area contributed by atoms with E-state index in [2.05, 4.69) is 10.3 Å². The molecular formula is C21H22N2O4S. The smallest absolute Gasteiger partial charge is 0.257 e. The minimum Gasteiger partial charge on any atom is -0.493 e. The third kappa shape index (κ3) is 4.26. The second-order valence-corrected chi connectivity index (χ2v) is 6.86. The first-order chi connectivity index (χ1) is 13.5. The van der Waals surface area contributed by atoms with Crippen molar-refractivity contribution in [2.75, 3.05) is 26.1 Å². The van der Waals surface area contributed by atoms with Crippen LogP contribution in [-0.4, -0.2) is 31.7 Å². The van der Waals surface area contributed by atoms with E-state index in [1.165, 1.54) is 31.1 Å². The second-order valence-electron chi connectivity index (χ2n) is 6.00. The van der Waals surface area contributed by atoms with Gasteiger partial charge in [0.25, 0.3) is 5.91 Å². The number of nitrogens with one attached hydrogen (secondary N) is 1. The molecule has 28 heavy (non-hydrogen) atoms. The van der Waals surface area contributed by atoms with E-state index in [0.717, 1.165) is 11.3 Å². The Labute approximate surface area is 168 Å². The highest BCUT2D eigenvalue weighted by Gasteiger charge is 2.18. The van der Waals surface area contributed by atoms with Gasteiger partial charge in [0, 0.05) is 16.5 Å². The number of nitrogens with zero attached hydrogens (tertiary/aromatic N) is 1. The molecule has 146 valence electrons. The summed E-state index contributed by atoms with van der Waals surface area (Å²) < 4.78 is 16.3. The summed E-state index contributed by atoms with van der Waals surface area (Å²) in [4.78, 5) is 17.2. The minimum absolute atomic E-state index is 0.301. The molecule has 3 aromatic rings. The van der Waals surface area contributed by atoms with Gasteiger partial charge in [0.1, 0.15) is 0 Å². The summed E-state index contributed by atoms with van der Waals surface area (Å²) >= 11 is 1.37. The summed E-state index contributed by atoms with van der Waals surface area (Å²) in [5.74, 6) is 1.04. The van der Waals surface area contributed by atoms with Crippen LogP contribution in [0.5, 0.6) is 17.2 Å². The third-order valence-electron chi connectivity index (χ3n) is 4.08. The molecule has 1 aromatic heterocycles. The van der Waals surface area contributed by atoms with E-state index >= 15 is 0 Å². The molecule has 0 aliphatic heterocycles. The Morgan fingerprint density at radius 1 is 1.11 bits per heavy atom. The summed E-state index contributed by atoms with van der Waals surface area (Å²) in [5, 5.41) is 5.27. The van der Waals surface area contributed by atoms with Gasteiger partial charge in [0.15, 0.2) is 16.6 Å². The zero-order valence-corrected chi connectivity index (χ0v) is 17.1. The lowest BCUT2D eigenvalue weighted by atomic mass is 10.1. The third-order valence-corrected chi connectivity index (χ3v) is 4.84. The molecule has 2 aromatic carbocycles. The lowest BCUT2D eigenvalue weighted by Crippen LogP contribution is -2.12. The molecule has 1 amide bonds. The molecule has 6 nitrogen and oxygen atoms in total. The maximum atomic E-state index is 12.7. The predicted molar refractivity (Wildman–Crippen MR) is 111 cm³/mol. The Hall–Kier alpha value is -3.06. The lowest BCUT2D eigenvalue weighted by molar-refractivity contribution is 0.102. The highest BCUT2D eigenvalue weighted by atomic mass is 32.1. The van der Waals surface area contributed by atoms with Crippen LogP contribution in [0.25, 0.3) is 11.3 Å². The van der Waals surface area contributed by atoms with Gasteiger partial charge in [0.05, 0.1) is 26.5 Å². The molecule has 0 atom stereocenters. The van der Waals surface area contributed by atoms with Crippen LogP contribution in [0, 0.1) is 6.92 Å². The fourth-order valence-electron chi connectivity index (χ4n) is 2.65. The van der Waals surface area contributed by atoms with Gasteiger partial charge >= 0.3 is 0 Å². The van der Waals surface area contributed by atoms with Crippen LogP contribution in [0.2, 0.25) is 0 Å². The number of carbonyl (C=O) groups excluding carboxylic acids is 1. The quantitative estimate of drug-likeness (QED) is 0.620. The molecule has 0 radical (unpaired) electrons. The van der Waals surface area contributed by atoms with Crippen LogP contribution in [0.15, 0.2) is 41.8 Å². The van der Waals surface area contributed by atoms with E-state index in [-0.39, 0.29) is 5.91 Å². The van der Waals surface area contributed by atoms with Crippen LogP contribution in [0.3, 0.4) is 0 Å². The minimum atomic E-state index is -0.301. The summed E-state index contributed by atoms with van der Waals surface area (Å²) in [6, 6.07) is 11.3. The number of hydrogen-bond donors (Lipinski definition) is 1. The van der Waals surface area contributed by atoms with Crippen molar-refractivity contribution in [3.8, 4) is 28.5 Å². The Kier molecular flexibility index (Phi) is 6.16. The van der Waals surface area contributed by atoms with Crippen LogP contribution >= 0.6 is 11.3 Å². The highest BCUT2D eigenvalue weighted by molar-refractivity contribution is 7.14. The van der Waals surface area contributed by atoms with Gasteiger partial charge in [-0.2, -0.15) is 0 Å². The normalized spacial score (nSPS) is 10.4. The maximum Gasteiger partial charge on any atom is 0.257 e. The van der Waals surface area contributed by atoms with Gasteiger partial charge in [-0.25, -0.2) is 4.98 Å². The number of carbonyl (C=O) groups is 1. The number of aryl methyl sites for hydroxylation is 1. The highest BCUT2D eigenvalue weighted by Crippen LogP contribution is 2.38. The number of anilines is 1. The largest absolute Gasteiger partial charge is 0.493 e. The number of methoxy groups -OCH3 is 2. The molecule has 0 saturated carbocycles. The molecule has 0 aliphatic carbocycles. The number of ether oxygens (including phenoxy) is 3. The maximum absolute atomic E-state index is 12.7. The molecule has 3 rings (SSSR count). The molecule has 0 aliphatic rings. The van der Waals surface area contributed by atoms with E-state index in [4.69, 9.17) is 14.2 Å². The summed E-state index contributed by atoms with van der Waals surface area (Å²) in [7, 11) is 3.04. The van der Waals surface area contributed by atoms with Crippen LogP contribution in [-0.2, 0) is 0 Å². The summed E-state index contributed by atoms with van der Waals surface area (Å²) in [5.41, 5.74) is 3.41. The fraction of sp³-hybridized carbons (Fsp3) is 0.238. The van der Waals surface area contributed by atoms with E-state index in [9.17, 15) is 4.79 Å². The van der Waals surface area contributed by atoms with Crippen molar-refractivity contribution < 1.29 is 19.0 Å². The Bertz CT molecular complexity index is 942. The van der Waals surface area contributed by atoms with Gasteiger partial charge in [-0.1, -0.05) is 29.8 Å². The summed E-state index contributed by atoms with van der Waals surface area (Å²) in [6.45, 7) is 4.36. The summed E-state index contributed by atoms with van der Waals surface area (Å²) in [6.07, 6.45) is 0. The second kappa shape index (κ2) is 8.75. The first-order valence-electron chi connectivity index (χ1n) is 8.78. The van der Waals surface area contributed by atoms with Crippen molar-refractivity contribution in [2.45, 2.75) is 13.8 Å². The SMILES string of the molecule is CCOc1c(OC)cc(C(=O)Nc2nc(-c3ccc(C)cc3)cs2)cc1OC. The number of hydrogen-bond acceptors (Lipinski definition) is 6. The number of aromatic nitrogens is 1.